The first-order valence-electron chi connectivity index (χ1n) is 9.04. The predicted molar refractivity (Wildman–Crippen MR) is 107 cm³/mol. The van der Waals surface area contributed by atoms with Crippen molar-refractivity contribution >= 4 is 39.0 Å². The molecule has 7 nitrogen and oxygen atoms in total. The molecule has 0 radical (unpaired) electrons. The quantitative estimate of drug-likeness (QED) is 0.641. The maximum Gasteiger partial charge on any atom is 0.259 e. The average molecular weight is 383 g/mol. The average Bonchev–Trinajstić information content (AvgIpc) is 2.99. The monoisotopic (exact) mass is 383 g/mol. The van der Waals surface area contributed by atoms with Gasteiger partial charge in [-0.15, -0.1) is 11.3 Å². The summed E-state index contributed by atoms with van der Waals surface area (Å²) in [7, 11) is 0. The number of amides is 1. The van der Waals surface area contributed by atoms with Crippen LogP contribution in [0, 0.1) is 5.92 Å². The number of carbonyl (C=O) groups excluding carboxylic acids is 1. The number of nitrogens with zero attached hydrogens (tertiary/aromatic N) is 2. The molecule has 140 valence electrons. The van der Waals surface area contributed by atoms with Gasteiger partial charge in [0.15, 0.2) is 0 Å². The molecule has 4 N–H and O–H groups in total. The number of hydrogen-bond acceptors (Lipinski definition) is 6. The van der Waals surface area contributed by atoms with Gasteiger partial charge in [0.1, 0.15) is 16.5 Å². The van der Waals surface area contributed by atoms with Crippen molar-refractivity contribution in [1.29, 1.82) is 0 Å². The van der Waals surface area contributed by atoms with E-state index in [-0.39, 0.29) is 17.9 Å². The Kier molecular flexibility index (Phi) is 4.65. The number of H-pyrrole nitrogens is 1. The first kappa shape index (κ1) is 17.7. The Balaban J connectivity index is 1.48. The van der Waals surface area contributed by atoms with Gasteiger partial charge < -0.3 is 16.0 Å². The highest BCUT2D eigenvalue weighted by Gasteiger charge is 2.23. The summed E-state index contributed by atoms with van der Waals surface area (Å²) >= 11 is 1.62. The lowest BCUT2D eigenvalue weighted by molar-refractivity contribution is -0.116. The Labute approximate surface area is 160 Å². The molecule has 0 saturated heterocycles. The van der Waals surface area contributed by atoms with Crippen LogP contribution in [0.5, 0.6) is 0 Å². The molecule has 0 bridgehead atoms. The summed E-state index contributed by atoms with van der Waals surface area (Å²) in [6.07, 6.45) is 5.18. The molecule has 0 fully saturated rings. The highest BCUT2D eigenvalue weighted by atomic mass is 32.1. The van der Waals surface area contributed by atoms with E-state index in [0.717, 1.165) is 29.5 Å². The Morgan fingerprint density at radius 2 is 2.30 bits per heavy atom. The molecule has 0 aromatic carbocycles. The lowest BCUT2D eigenvalue weighted by Gasteiger charge is -2.17. The minimum absolute atomic E-state index is 0.0924. The number of hydrogen-bond donors (Lipinski definition) is 3. The van der Waals surface area contributed by atoms with E-state index in [1.807, 2.05) is 0 Å². The zero-order valence-electron chi connectivity index (χ0n) is 15.0. The topological polar surface area (TPSA) is 114 Å². The molecule has 3 aromatic rings. The smallest absolute Gasteiger partial charge is 0.259 e. The van der Waals surface area contributed by atoms with Crippen molar-refractivity contribution in [1.82, 2.24) is 15.0 Å². The Morgan fingerprint density at radius 1 is 1.44 bits per heavy atom. The van der Waals surface area contributed by atoms with Crippen molar-refractivity contribution in [3.05, 3.63) is 44.9 Å². The van der Waals surface area contributed by atoms with Crippen molar-refractivity contribution in [3.63, 3.8) is 0 Å². The molecular formula is C19H21N5O2S. The predicted octanol–water partition coefficient (Wildman–Crippen LogP) is 2.66. The van der Waals surface area contributed by atoms with Gasteiger partial charge in [0.05, 0.1) is 17.3 Å². The van der Waals surface area contributed by atoms with E-state index in [1.54, 1.807) is 23.5 Å². The van der Waals surface area contributed by atoms with E-state index in [4.69, 9.17) is 5.73 Å². The summed E-state index contributed by atoms with van der Waals surface area (Å²) in [6, 6.07) is 3.32. The molecule has 0 spiro atoms. The zero-order valence-corrected chi connectivity index (χ0v) is 15.9. The maximum absolute atomic E-state index is 12.6. The SMILES string of the molecule is CC1CCc2c(sc3nc(CCC(=O)Nc4ccc(N)nc4)[nH]c(=O)c23)C1. The van der Waals surface area contributed by atoms with Gasteiger partial charge in [-0.2, -0.15) is 0 Å². The molecule has 3 aromatic heterocycles. The fraction of sp³-hybridized carbons (Fsp3) is 0.368. The van der Waals surface area contributed by atoms with Gasteiger partial charge in [0, 0.05) is 17.7 Å². The minimum atomic E-state index is -0.163. The van der Waals surface area contributed by atoms with Crippen LogP contribution in [0.15, 0.2) is 23.1 Å². The van der Waals surface area contributed by atoms with E-state index in [2.05, 4.69) is 27.2 Å². The fourth-order valence-corrected chi connectivity index (χ4v) is 4.85. The number of carbonyl (C=O) groups is 1. The highest BCUT2D eigenvalue weighted by Crippen LogP contribution is 2.35. The molecule has 0 saturated carbocycles. The highest BCUT2D eigenvalue weighted by molar-refractivity contribution is 7.18. The second kappa shape index (κ2) is 7.11. The normalized spacial score (nSPS) is 16.3. The van der Waals surface area contributed by atoms with Gasteiger partial charge in [0.25, 0.3) is 5.56 Å². The van der Waals surface area contributed by atoms with Gasteiger partial charge in [-0.3, -0.25) is 9.59 Å². The molecule has 1 aliphatic carbocycles. The Morgan fingerprint density at radius 3 is 3.07 bits per heavy atom. The van der Waals surface area contributed by atoms with Crippen molar-refractivity contribution in [2.24, 2.45) is 5.92 Å². The second-order valence-electron chi connectivity index (χ2n) is 7.06. The van der Waals surface area contributed by atoms with Crippen LogP contribution in [0.3, 0.4) is 0 Å². The maximum atomic E-state index is 12.6. The number of aryl methyl sites for hydroxylation is 2. The summed E-state index contributed by atoms with van der Waals surface area (Å²) in [5, 5.41) is 3.50. The summed E-state index contributed by atoms with van der Waals surface area (Å²) in [4.78, 5) is 38.2. The van der Waals surface area contributed by atoms with Gasteiger partial charge >= 0.3 is 0 Å². The Hall–Kier alpha value is -2.74. The largest absolute Gasteiger partial charge is 0.384 e. The number of pyridine rings is 1. The molecule has 1 amide bonds. The molecule has 4 rings (SSSR count). The van der Waals surface area contributed by atoms with E-state index in [9.17, 15) is 9.59 Å². The van der Waals surface area contributed by atoms with Gasteiger partial charge in [-0.05, 0) is 42.9 Å². The molecule has 8 heteroatoms. The van der Waals surface area contributed by atoms with Gasteiger partial charge in [0.2, 0.25) is 5.91 Å². The van der Waals surface area contributed by atoms with Crippen molar-refractivity contribution < 1.29 is 4.79 Å². The van der Waals surface area contributed by atoms with E-state index >= 15 is 0 Å². The van der Waals surface area contributed by atoms with E-state index in [1.165, 1.54) is 16.6 Å². The van der Waals surface area contributed by atoms with Crippen LogP contribution in [-0.4, -0.2) is 20.9 Å². The van der Waals surface area contributed by atoms with Crippen LogP contribution < -0.4 is 16.6 Å². The number of aromatic nitrogens is 3. The molecule has 3 heterocycles. The molecule has 0 aliphatic heterocycles. The number of anilines is 2. The molecule has 27 heavy (non-hydrogen) atoms. The van der Waals surface area contributed by atoms with Crippen LogP contribution in [0.1, 0.15) is 36.0 Å². The fourth-order valence-electron chi connectivity index (χ4n) is 3.45. The number of thiophene rings is 1. The summed E-state index contributed by atoms with van der Waals surface area (Å²) in [5.41, 5.74) is 7.20. The minimum Gasteiger partial charge on any atom is -0.384 e. The van der Waals surface area contributed by atoms with Crippen LogP contribution in [0.2, 0.25) is 0 Å². The van der Waals surface area contributed by atoms with Crippen LogP contribution in [-0.2, 0) is 24.1 Å². The number of nitrogens with two attached hydrogens (primary N) is 1. The number of nitrogen functional groups attached to an aromatic ring is 1. The molecule has 1 atom stereocenters. The number of nitrogens with one attached hydrogen (secondary N) is 2. The summed E-state index contributed by atoms with van der Waals surface area (Å²) in [5.74, 6) is 1.43. The van der Waals surface area contributed by atoms with Gasteiger partial charge in [-0.1, -0.05) is 6.92 Å². The first-order valence-corrected chi connectivity index (χ1v) is 9.86. The number of rotatable bonds is 4. The molecule has 1 aliphatic rings. The third-order valence-corrected chi connectivity index (χ3v) is 6.02. The third kappa shape index (κ3) is 3.71. The van der Waals surface area contributed by atoms with Crippen LogP contribution in [0.4, 0.5) is 11.5 Å². The molecular weight excluding hydrogens is 362 g/mol. The molecule has 1 unspecified atom stereocenters. The second-order valence-corrected chi connectivity index (χ2v) is 8.15. The van der Waals surface area contributed by atoms with Crippen LogP contribution in [0.25, 0.3) is 10.2 Å². The van der Waals surface area contributed by atoms with E-state index in [0.29, 0.717) is 29.7 Å². The summed E-state index contributed by atoms with van der Waals surface area (Å²) < 4.78 is 0. The van der Waals surface area contributed by atoms with Crippen molar-refractivity contribution in [3.8, 4) is 0 Å². The summed E-state index contributed by atoms with van der Waals surface area (Å²) in [6.45, 7) is 2.24. The van der Waals surface area contributed by atoms with E-state index < -0.39 is 0 Å². The Bertz CT molecular complexity index is 1050. The van der Waals surface area contributed by atoms with Crippen molar-refractivity contribution in [2.75, 3.05) is 11.1 Å². The number of fused-ring (bicyclic) bond motifs is 3. The number of aromatic amines is 1. The first-order chi connectivity index (χ1) is 13.0. The zero-order chi connectivity index (χ0) is 19.0. The lowest BCUT2D eigenvalue weighted by atomic mass is 9.89. The van der Waals surface area contributed by atoms with Crippen LogP contribution >= 0.6 is 11.3 Å². The lowest BCUT2D eigenvalue weighted by Crippen LogP contribution is -2.17. The van der Waals surface area contributed by atoms with Gasteiger partial charge in [-0.25, -0.2) is 9.97 Å². The van der Waals surface area contributed by atoms with Crippen molar-refractivity contribution in [2.45, 2.75) is 39.0 Å². The standard InChI is InChI=1S/C19H21N5O2S/c1-10-2-4-12-13(8-10)27-19-17(12)18(26)23-15(24-19)6-7-16(25)22-11-3-5-14(20)21-9-11/h3,5,9-10H,2,4,6-8H2,1H3,(H2,20,21)(H,22,25)(H,23,24,26). The third-order valence-electron chi connectivity index (χ3n) is 4.87.